The first-order valence-corrected chi connectivity index (χ1v) is 13.2. The zero-order chi connectivity index (χ0) is 22.5. The number of hydrogen-bond acceptors (Lipinski definition) is 5. The predicted octanol–water partition coefficient (Wildman–Crippen LogP) is 5.54. The van der Waals surface area contributed by atoms with Crippen LogP contribution in [0.3, 0.4) is 0 Å². The molecule has 0 radical (unpaired) electrons. The maximum Gasteiger partial charge on any atom is 0.323 e. The molecule has 4 rings (SSSR count). The van der Waals surface area contributed by atoms with E-state index in [1.165, 1.54) is 34.2 Å². The van der Waals surface area contributed by atoms with Gasteiger partial charge < -0.3 is 10.0 Å². The minimum absolute atomic E-state index is 0.00819. The molecule has 2 amide bonds. The predicted molar refractivity (Wildman–Crippen MR) is 130 cm³/mol. The topological polar surface area (TPSA) is 82.5 Å². The van der Waals surface area contributed by atoms with Gasteiger partial charge in [-0.05, 0) is 67.9 Å². The number of nitrogens with one attached hydrogen (secondary N) is 1. The van der Waals surface area contributed by atoms with Crippen LogP contribution in [-0.2, 0) is 17.6 Å². The number of aromatic nitrogens is 1. The molecule has 1 aromatic heterocycles. The first-order valence-electron chi connectivity index (χ1n) is 11.4. The first-order chi connectivity index (χ1) is 15.5. The summed E-state index contributed by atoms with van der Waals surface area (Å²) in [5.74, 6) is 0.448. The van der Waals surface area contributed by atoms with E-state index in [1.807, 2.05) is 4.90 Å². The fourth-order valence-corrected chi connectivity index (χ4v) is 6.44. The number of nitrogens with zero attached hydrogens (tertiary/aromatic N) is 2. The van der Waals surface area contributed by atoms with E-state index in [9.17, 15) is 9.59 Å². The Bertz CT molecular complexity index is 915. The van der Waals surface area contributed by atoms with Crippen LogP contribution in [0.4, 0.5) is 9.93 Å². The number of thioether (sulfide) groups is 1. The number of fused-ring (bicyclic) bond motifs is 1. The third-order valence-corrected chi connectivity index (χ3v) is 8.73. The quantitative estimate of drug-likeness (QED) is 0.492. The molecule has 32 heavy (non-hydrogen) atoms. The monoisotopic (exact) mass is 473 g/mol. The average Bonchev–Trinajstić information content (AvgIpc) is 3.40. The lowest BCUT2D eigenvalue weighted by Crippen LogP contribution is -2.45. The number of urea groups is 1. The standard InChI is InChI=1S/C24H31N3O3S2/c1-16-6-8-20(9-7-16)27(11-10-17-12-18-4-2-3-5-19(18)13-17)24(30)26-23-25-14-22(32-23)31-15-21(28)29/h2-5,14,16-17,20H,6-13,15H2,1H3,(H,28,29)(H,25,26,30)/t16-,20-. The largest absolute Gasteiger partial charge is 0.481 e. The van der Waals surface area contributed by atoms with Crippen LogP contribution >= 0.6 is 23.1 Å². The highest BCUT2D eigenvalue weighted by Crippen LogP contribution is 2.32. The zero-order valence-corrected chi connectivity index (χ0v) is 20.1. The Morgan fingerprint density at radius 2 is 1.88 bits per heavy atom. The molecule has 172 valence electrons. The Kier molecular flexibility index (Phi) is 7.73. The summed E-state index contributed by atoms with van der Waals surface area (Å²) in [5.41, 5.74) is 2.91. The second-order valence-corrected chi connectivity index (χ2v) is 11.3. The molecule has 8 heteroatoms. The van der Waals surface area contributed by atoms with Crippen molar-refractivity contribution in [3.05, 3.63) is 41.6 Å². The molecule has 0 bridgehead atoms. The van der Waals surface area contributed by atoms with E-state index in [0.29, 0.717) is 11.0 Å². The Balaban J connectivity index is 1.37. The minimum atomic E-state index is -0.860. The molecule has 2 aliphatic carbocycles. The number of carbonyl (C=O) groups is 2. The van der Waals surface area contributed by atoms with Gasteiger partial charge in [0.1, 0.15) is 0 Å². The number of carboxylic acids is 1. The van der Waals surface area contributed by atoms with Crippen molar-refractivity contribution in [2.75, 3.05) is 17.6 Å². The maximum atomic E-state index is 13.3. The number of hydrogen-bond donors (Lipinski definition) is 2. The average molecular weight is 474 g/mol. The van der Waals surface area contributed by atoms with E-state index in [4.69, 9.17) is 5.11 Å². The first kappa shape index (κ1) is 23.1. The van der Waals surface area contributed by atoms with E-state index in [2.05, 4.69) is 41.5 Å². The van der Waals surface area contributed by atoms with Crippen LogP contribution < -0.4 is 5.32 Å². The third-order valence-electron chi connectivity index (χ3n) is 6.64. The highest BCUT2D eigenvalue weighted by molar-refractivity contribution is 8.01. The van der Waals surface area contributed by atoms with Crippen molar-refractivity contribution in [3.63, 3.8) is 0 Å². The number of thiazole rings is 1. The van der Waals surface area contributed by atoms with Crippen LogP contribution in [0.1, 0.15) is 50.2 Å². The van der Waals surface area contributed by atoms with E-state index >= 15 is 0 Å². The SMILES string of the molecule is C[C@H]1CC[C@H](N(CCC2Cc3ccccc3C2)C(=O)Nc2ncc(SCC(=O)O)s2)CC1. The molecule has 2 N–H and O–H groups in total. The number of anilines is 1. The van der Waals surface area contributed by atoms with Crippen molar-refractivity contribution in [3.8, 4) is 0 Å². The summed E-state index contributed by atoms with van der Waals surface area (Å²) < 4.78 is 0.796. The minimum Gasteiger partial charge on any atom is -0.481 e. The molecule has 0 spiro atoms. The van der Waals surface area contributed by atoms with Crippen LogP contribution in [0.2, 0.25) is 0 Å². The lowest BCUT2D eigenvalue weighted by molar-refractivity contribution is -0.133. The van der Waals surface area contributed by atoms with Gasteiger partial charge in [-0.1, -0.05) is 42.5 Å². The van der Waals surface area contributed by atoms with Gasteiger partial charge in [-0.25, -0.2) is 9.78 Å². The number of amides is 2. The van der Waals surface area contributed by atoms with Crippen molar-refractivity contribution in [1.82, 2.24) is 9.88 Å². The fourth-order valence-electron chi connectivity index (χ4n) is 4.86. The van der Waals surface area contributed by atoms with Crippen LogP contribution in [0.5, 0.6) is 0 Å². The maximum absolute atomic E-state index is 13.3. The Labute approximate surface area is 197 Å². The van der Waals surface area contributed by atoms with Gasteiger partial charge in [0, 0.05) is 12.6 Å². The molecular formula is C24H31N3O3S2. The van der Waals surface area contributed by atoms with Crippen molar-refractivity contribution < 1.29 is 14.7 Å². The number of benzene rings is 1. The van der Waals surface area contributed by atoms with Crippen molar-refractivity contribution in [2.24, 2.45) is 11.8 Å². The van der Waals surface area contributed by atoms with Crippen molar-refractivity contribution in [2.45, 2.75) is 62.1 Å². The summed E-state index contributed by atoms with van der Waals surface area (Å²) in [6, 6.07) is 8.87. The lowest BCUT2D eigenvalue weighted by atomic mass is 9.86. The van der Waals surface area contributed by atoms with Gasteiger partial charge in [-0.2, -0.15) is 0 Å². The molecule has 1 heterocycles. The van der Waals surface area contributed by atoms with E-state index < -0.39 is 5.97 Å². The highest BCUT2D eigenvalue weighted by atomic mass is 32.2. The van der Waals surface area contributed by atoms with Gasteiger partial charge in [0.15, 0.2) is 5.13 Å². The number of rotatable bonds is 8. The Morgan fingerprint density at radius 3 is 2.53 bits per heavy atom. The van der Waals surface area contributed by atoms with Gasteiger partial charge in [0.05, 0.1) is 16.2 Å². The molecule has 0 atom stereocenters. The van der Waals surface area contributed by atoms with Crippen LogP contribution in [0, 0.1) is 11.8 Å². The summed E-state index contributed by atoms with van der Waals surface area (Å²) >= 11 is 2.56. The van der Waals surface area contributed by atoms with Crippen molar-refractivity contribution >= 4 is 40.2 Å². The van der Waals surface area contributed by atoms with Crippen LogP contribution in [0.25, 0.3) is 0 Å². The molecule has 1 saturated carbocycles. The summed E-state index contributed by atoms with van der Waals surface area (Å²) in [6.07, 6.45) is 9.27. The summed E-state index contributed by atoms with van der Waals surface area (Å²) in [4.78, 5) is 30.4. The number of carbonyl (C=O) groups excluding carboxylic acids is 1. The van der Waals surface area contributed by atoms with E-state index in [1.54, 1.807) is 6.20 Å². The fraction of sp³-hybridized carbons (Fsp3) is 0.542. The molecule has 0 saturated heterocycles. The van der Waals surface area contributed by atoms with E-state index in [-0.39, 0.29) is 17.8 Å². The zero-order valence-electron chi connectivity index (χ0n) is 18.5. The molecule has 1 fully saturated rings. The van der Waals surface area contributed by atoms with Gasteiger partial charge in [0.25, 0.3) is 0 Å². The normalized spacial score (nSPS) is 20.7. The summed E-state index contributed by atoms with van der Waals surface area (Å²) in [6.45, 7) is 3.05. The smallest absolute Gasteiger partial charge is 0.323 e. The second-order valence-electron chi connectivity index (χ2n) is 9.04. The van der Waals surface area contributed by atoms with Crippen LogP contribution in [-0.4, -0.2) is 45.3 Å². The van der Waals surface area contributed by atoms with E-state index in [0.717, 1.165) is 61.6 Å². The molecular weight excluding hydrogens is 442 g/mol. The summed E-state index contributed by atoms with van der Waals surface area (Å²) in [7, 11) is 0. The molecule has 1 aromatic carbocycles. The molecule has 2 aromatic rings. The highest BCUT2D eigenvalue weighted by Gasteiger charge is 2.30. The molecule has 6 nitrogen and oxygen atoms in total. The lowest BCUT2D eigenvalue weighted by Gasteiger charge is -2.36. The number of carboxylic acid groups (broad SMARTS) is 1. The molecule has 0 aliphatic heterocycles. The Hall–Kier alpha value is -2.06. The van der Waals surface area contributed by atoms with Gasteiger partial charge in [-0.3, -0.25) is 10.1 Å². The van der Waals surface area contributed by atoms with Gasteiger partial charge >= 0.3 is 12.0 Å². The number of aliphatic carboxylic acids is 1. The van der Waals surface area contributed by atoms with Crippen molar-refractivity contribution in [1.29, 1.82) is 0 Å². The van der Waals surface area contributed by atoms with Crippen LogP contribution in [0.15, 0.2) is 34.7 Å². The molecule has 0 unspecified atom stereocenters. The Morgan fingerprint density at radius 1 is 1.19 bits per heavy atom. The molecule has 2 aliphatic rings. The third kappa shape index (κ3) is 6.04. The van der Waals surface area contributed by atoms with Gasteiger partial charge in [0.2, 0.25) is 0 Å². The van der Waals surface area contributed by atoms with Gasteiger partial charge in [-0.15, -0.1) is 11.8 Å². The summed E-state index contributed by atoms with van der Waals surface area (Å²) in [5, 5.41) is 12.4. The second kappa shape index (κ2) is 10.7.